The average molecular weight is 490 g/mol. The molecule has 7 nitrogen and oxygen atoms in total. The number of nitrogens with zero attached hydrogens (tertiary/aromatic N) is 1. The Morgan fingerprint density at radius 1 is 1.03 bits per heavy atom. The Morgan fingerprint density at radius 2 is 1.67 bits per heavy atom. The van der Waals surface area contributed by atoms with Crippen molar-refractivity contribution in [3.63, 3.8) is 0 Å². The highest BCUT2D eigenvalue weighted by atomic mass is 32.2. The summed E-state index contributed by atoms with van der Waals surface area (Å²) in [5.74, 6) is -1.97. The number of methoxy groups -OCH3 is 2. The average Bonchev–Trinajstić information content (AvgIpc) is 2.79. The molecule has 1 amide bonds. The number of hydrogen-bond donors (Lipinski definition) is 1. The number of rotatable bonds is 6. The van der Waals surface area contributed by atoms with E-state index in [4.69, 9.17) is 9.47 Å². The minimum absolute atomic E-state index is 0.00837. The van der Waals surface area contributed by atoms with Crippen molar-refractivity contribution in [2.24, 2.45) is 5.92 Å². The fourth-order valence-electron chi connectivity index (χ4n) is 3.55. The first kappa shape index (κ1) is 24.8. The Labute approximate surface area is 188 Å². The second-order valence-corrected chi connectivity index (χ2v) is 9.31. The molecule has 0 aliphatic carbocycles. The van der Waals surface area contributed by atoms with Crippen molar-refractivity contribution < 1.29 is 40.2 Å². The van der Waals surface area contributed by atoms with E-state index in [1.165, 1.54) is 36.7 Å². The first-order valence-electron chi connectivity index (χ1n) is 9.87. The standard InChI is InChI=1S/C21H22F4N2O5S/c1-31-18-6-4-15(12-19(18)32-2)33(29,30)27-9-7-13(8-10-27)20(28)26-14-3-5-17(22)16(11-14)21(23,24)25/h3-6,11-13H,7-10H2,1-2H3,(H,26,28). The number of piperidine rings is 1. The fourth-order valence-corrected chi connectivity index (χ4v) is 5.03. The van der Waals surface area contributed by atoms with Gasteiger partial charge in [-0.2, -0.15) is 17.5 Å². The largest absolute Gasteiger partial charge is 0.493 e. The smallest absolute Gasteiger partial charge is 0.419 e. The minimum atomic E-state index is -4.89. The quantitative estimate of drug-likeness (QED) is 0.621. The molecule has 1 heterocycles. The van der Waals surface area contributed by atoms with Gasteiger partial charge in [0.15, 0.2) is 11.5 Å². The van der Waals surface area contributed by atoms with Gasteiger partial charge in [-0.05, 0) is 43.2 Å². The van der Waals surface area contributed by atoms with Crippen LogP contribution in [-0.2, 0) is 21.0 Å². The Bertz CT molecular complexity index is 1130. The van der Waals surface area contributed by atoms with Crippen molar-refractivity contribution in [3.8, 4) is 11.5 Å². The zero-order valence-electron chi connectivity index (χ0n) is 17.8. The Kier molecular flexibility index (Phi) is 7.17. The number of anilines is 1. The van der Waals surface area contributed by atoms with Crippen LogP contribution in [0.2, 0.25) is 0 Å². The highest BCUT2D eigenvalue weighted by molar-refractivity contribution is 7.89. The molecule has 180 valence electrons. The van der Waals surface area contributed by atoms with E-state index in [1.54, 1.807) is 0 Å². The molecule has 2 aromatic rings. The molecule has 0 saturated carbocycles. The molecule has 0 spiro atoms. The Morgan fingerprint density at radius 3 is 2.24 bits per heavy atom. The predicted octanol–water partition coefficient (Wildman–Crippen LogP) is 3.90. The first-order chi connectivity index (χ1) is 15.5. The molecule has 0 radical (unpaired) electrons. The number of benzene rings is 2. The second kappa shape index (κ2) is 9.56. The van der Waals surface area contributed by atoms with E-state index < -0.39 is 39.4 Å². The second-order valence-electron chi connectivity index (χ2n) is 7.38. The molecule has 3 rings (SSSR count). The van der Waals surface area contributed by atoms with Crippen molar-refractivity contribution >= 4 is 21.6 Å². The molecule has 1 fully saturated rings. The van der Waals surface area contributed by atoms with Gasteiger partial charge in [0.05, 0.1) is 24.7 Å². The van der Waals surface area contributed by atoms with Crippen LogP contribution in [0.1, 0.15) is 18.4 Å². The van der Waals surface area contributed by atoms with Crippen LogP contribution in [-0.4, -0.2) is 45.9 Å². The van der Waals surface area contributed by atoms with Crippen molar-refractivity contribution in [2.75, 3.05) is 32.6 Å². The number of halogens is 4. The van der Waals surface area contributed by atoms with Crippen molar-refractivity contribution in [1.82, 2.24) is 4.31 Å². The number of hydrogen-bond acceptors (Lipinski definition) is 5. The molecular weight excluding hydrogens is 468 g/mol. The van der Waals surface area contributed by atoms with Gasteiger partial charge in [0.2, 0.25) is 15.9 Å². The lowest BCUT2D eigenvalue weighted by Gasteiger charge is -2.30. The summed E-state index contributed by atoms with van der Waals surface area (Å²) in [5, 5.41) is 2.36. The molecule has 0 bridgehead atoms. The molecule has 1 saturated heterocycles. The molecule has 12 heteroatoms. The summed E-state index contributed by atoms with van der Waals surface area (Å²) in [6.07, 6.45) is -4.55. The number of ether oxygens (including phenoxy) is 2. The highest BCUT2D eigenvalue weighted by Crippen LogP contribution is 2.34. The van der Waals surface area contributed by atoms with E-state index >= 15 is 0 Å². The summed E-state index contributed by atoms with van der Waals surface area (Å²) in [5.41, 5.74) is -1.66. The fraction of sp³-hybridized carbons (Fsp3) is 0.381. The van der Waals surface area contributed by atoms with Gasteiger partial charge in [-0.1, -0.05) is 0 Å². The number of sulfonamides is 1. The summed E-state index contributed by atoms with van der Waals surface area (Å²) in [6, 6.07) is 6.42. The Balaban J connectivity index is 1.67. The van der Waals surface area contributed by atoms with Gasteiger partial charge in [0.1, 0.15) is 5.82 Å². The molecular formula is C21H22F4N2O5S. The monoisotopic (exact) mass is 490 g/mol. The van der Waals surface area contributed by atoms with E-state index in [0.717, 1.165) is 6.07 Å². The molecule has 1 aliphatic heterocycles. The molecule has 33 heavy (non-hydrogen) atoms. The third-order valence-electron chi connectivity index (χ3n) is 5.36. The third kappa shape index (κ3) is 5.38. The maximum absolute atomic E-state index is 13.4. The van der Waals surface area contributed by atoms with Crippen molar-refractivity contribution in [2.45, 2.75) is 23.9 Å². The van der Waals surface area contributed by atoms with Crippen LogP contribution in [0.5, 0.6) is 11.5 Å². The number of carbonyl (C=O) groups is 1. The summed E-state index contributed by atoms with van der Waals surface area (Å²) in [6.45, 7) is 0.0952. The van der Waals surface area contributed by atoms with Crippen LogP contribution < -0.4 is 14.8 Å². The number of amides is 1. The van der Waals surface area contributed by atoms with Gasteiger partial charge in [0, 0.05) is 30.8 Å². The maximum atomic E-state index is 13.4. The summed E-state index contributed by atoms with van der Waals surface area (Å²) < 4.78 is 89.5. The highest BCUT2D eigenvalue weighted by Gasteiger charge is 2.35. The summed E-state index contributed by atoms with van der Waals surface area (Å²) in [4.78, 5) is 12.5. The normalized spacial score (nSPS) is 15.8. The van der Waals surface area contributed by atoms with Crippen LogP contribution in [0, 0.1) is 11.7 Å². The number of nitrogens with one attached hydrogen (secondary N) is 1. The van der Waals surface area contributed by atoms with E-state index in [1.807, 2.05) is 0 Å². The Hall–Kier alpha value is -2.86. The van der Waals surface area contributed by atoms with Gasteiger partial charge in [0.25, 0.3) is 0 Å². The zero-order chi connectivity index (χ0) is 24.4. The van der Waals surface area contributed by atoms with Gasteiger partial charge in [-0.25, -0.2) is 12.8 Å². The van der Waals surface area contributed by atoms with Crippen molar-refractivity contribution in [1.29, 1.82) is 0 Å². The van der Waals surface area contributed by atoms with Crippen LogP contribution >= 0.6 is 0 Å². The molecule has 0 atom stereocenters. The van der Waals surface area contributed by atoms with Gasteiger partial charge in [-0.3, -0.25) is 4.79 Å². The third-order valence-corrected chi connectivity index (χ3v) is 7.25. The van der Waals surface area contributed by atoms with E-state index in [-0.39, 0.29) is 42.3 Å². The maximum Gasteiger partial charge on any atom is 0.419 e. The predicted molar refractivity (Wildman–Crippen MR) is 111 cm³/mol. The minimum Gasteiger partial charge on any atom is -0.493 e. The van der Waals surface area contributed by atoms with Gasteiger partial charge >= 0.3 is 6.18 Å². The van der Waals surface area contributed by atoms with Crippen molar-refractivity contribution in [3.05, 3.63) is 47.8 Å². The topological polar surface area (TPSA) is 84.9 Å². The molecule has 1 aliphatic rings. The number of alkyl halides is 3. The first-order valence-corrected chi connectivity index (χ1v) is 11.3. The summed E-state index contributed by atoms with van der Waals surface area (Å²) in [7, 11) is -1.04. The van der Waals surface area contributed by atoms with E-state index in [9.17, 15) is 30.8 Å². The van der Waals surface area contributed by atoms with Crippen LogP contribution in [0.3, 0.4) is 0 Å². The van der Waals surface area contributed by atoms with Crippen LogP contribution in [0.4, 0.5) is 23.2 Å². The summed E-state index contributed by atoms with van der Waals surface area (Å²) >= 11 is 0. The molecule has 1 N–H and O–H groups in total. The van der Waals surface area contributed by atoms with Gasteiger partial charge in [-0.15, -0.1) is 0 Å². The molecule has 0 unspecified atom stereocenters. The lowest BCUT2D eigenvalue weighted by molar-refractivity contribution is -0.140. The van der Waals surface area contributed by atoms with Crippen LogP contribution in [0.25, 0.3) is 0 Å². The van der Waals surface area contributed by atoms with E-state index in [2.05, 4.69) is 5.32 Å². The van der Waals surface area contributed by atoms with Crippen LogP contribution in [0.15, 0.2) is 41.3 Å². The lowest BCUT2D eigenvalue weighted by Crippen LogP contribution is -2.41. The zero-order valence-corrected chi connectivity index (χ0v) is 18.6. The number of carbonyl (C=O) groups excluding carboxylic acids is 1. The molecule has 0 aromatic heterocycles. The van der Waals surface area contributed by atoms with E-state index in [0.29, 0.717) is 17.9 Å². The SMILES string of the molecule is COc1ccc(S(=O)(=O)N2CCC(C(=O)Nc3ccc(F)c(C(F)(F)F)c3)CC2)cc1OC. The van der Waals surface area contributed by atoms with Gasteiger partial charge < -0.3 is 14.8 Å². The lowest BCUT2D eigenvalue weighted by atomic mass is 9.97. The molecule has 2 aromatic carbocycles.